The maximum absolute atomic E-state index is 6.00. The minimum absolute atomic E-state index is 0.0194. The molecule has 0 aliphatic heterocycles. The molecule has 0 amide bonds. The summed E-state index contributed by atoms with van der Waals surface area (Å²) in [7, 11) is 1.67. The van der Waals surface area contributed by atoms with Crippen LogP contribution in [-0.4, -0.2) is 24.7 Å². The summed E-state index contributed by atoms with van der Waals surface area (Å²) in [6.07, 6.45) is 0.968. The van der Waals surface area contributed by atoms with E-state index in [9.17, 15) is 0 Å². The van der Waals surface area contributed by atoms with Crippen molar-refractivity contribution < 1.29 is 9.47 Å². The van der Waals surface area contributed by atoms with Crippen LogP contribution in [0, 0.1) is 3.57 Å². The molecule has 15 heavy (non-hydrogen) atoms. The zero-order valence-corrected chi connectivity index (χ0v) is 11.2. The van der Waals surface area contributed by atoms with E-state index in [2.05, 4.69) is 22.6 Å². The molecule has 3 atom stereocenters. The van der Waals surface area contributed by atoms with Gasteiger partial charge in [0.1, 0.15) is 18.0 Å². The minimum atomic E-state index is 0.0194. The van der Waals surface area contributed by atoms with Gasteiger partial charge in [-0.25, -0.2) is 0 Å². The molecule has 1 aromatic carbocycles. The van der Waals surface area contributed by atoms with Crippen molar-refractivity contribution in [2.24, 2.45) is 0 Å². The molecule has 4 heteroatoms. The molecular formula is C11H12ClIO2. The van der Waals surface area contributed by atoms with Gasteiger partial charge in [0, 0.05) is 17.1 Å². The second-order valence-corrected chi connectivity index (χ2v) is 5.37. The van der Waals surface area contributed by atoms with Crippen molar-refractivity contribution in [2.75, 3.05) is 7.11 Å². The largest absolute Gasteiger partial charge is 0.488 e. The smallest absolute Gasteiger partial charge is 0.128 e. The van der Waals surface area contributed by atoms with Crippen LogP contribution in [0.5, 0.6) is 5.75 Å². The van der Waals surface area contributed by atoms with Crippen LogP contribution in [0.3, 0.4) is 0 Å². The average Bonchev–Trinajstić information content (AvgIpc) is 2.21. The summed E-state index contributed by atoms with van der Waals surface area (Å²) in [6.45, 7) is 0. The van der Waals surface area contributed by atoms with Crippen molar-refractivity contribution in [2.45, 2.75) is 24.0 Å². The first-order valence-corrected chi connectivity index (χ1v) is 6.31. The fourth-order valence-electron chi connectivity index (χ4n) is 1.63. The summed E-state index contributed by atoms with van der Waals surface area (Å²) < 4.78 is 12.2. The number of ether oxygens (including phenoxy) is 2. The van der Waals surface area contributed by atoms with Crippen molar-refractivity contribution in [3.05, 3.63) is 27.8 Å². The molecule has 0 spiro atoms. The van der Waals surface area contributed by atoms with Crippen LogP contribution in [0.15, 0.2) is 24.3 Å². The van der Waals surface area contributed by atoms with E-state index in [4.69, 9.17) is 21.1 Å². The van der Waals surface area contributed by atoms with Crippen LogP contribution in [0.2, 0.25) is 0 Å². The van der Waals surface area contributed by atoms with Crippen LogP contribution >= 0.6 is 34.2 Å². The molecule has 0 bridgehead atoms. The van der Waals surface area contributed by atoms with E-state index in [1.54, 1.807) is 7.11 Å². The molecule has 0 N–H and O–H groups in total. The molecule has 2 rings (SSSR count). The zero-order chi connectivity index (χ0) is 10.8. The first-order chi connectivity index (χ1) is 7.20. The fraction of sp³-hybridized carbons (Fsp3) is 0.455. The lowest BCUT2D eigenvalue weighted by Gasteiger charge is -2.39. The van der Waals surface area contributed by atoms with Crippen LogP contribution in [0.1, 0.15) is 6.42 Å². The van der Waals surface area contributed by atoms with Crippen molar-refractivity contribution in [1.82, 2.24) is 0 Å². The molecule has 1 saturated carbocycles. The number of alkyl halides is 1. The van der Waals surface area contributed by atoms with Crippen LogP contribution in [0.4, 0.5) is 0 Å². The highest BCUT2D eigenvalue weighted by Crippen LogP contribution is 2.32. The van der Waals surface area contributed by atoms with Gasteiger partial charge >= 0.3 is 0 Å². The molecule has 1 aromatic rings. The van der Waals surface area contributed by atoms with Crippen molar-refractivity contribution in [1.29, 1.82) is 0 Å². The SMILES string of the molecule is COC1C(Cl)CC1Oc1ccc(I)cc1. The van der Waals surface area contributed by atoms with Crippen molar-refractivity contribution in [3.8, 4) is 5.75 Å². The lowest BCUT2D eigenvalue weighted by molar-refractivity contribution is -0.0583. The third kappa shape index (κ3) is 2.57. The number of hydrogen-bond donors (Lipinski definition) is 0. The molecule has 0 heterocycles. The predicted molar refractivity (Wildman–Crippen MR) is 68.6 cm³/mol. The number of benzene rings is 1. The van der Waals surface area contributed by atoms with Gasteiger partial charge in [-0.3, -0.25) is 0 Å². The molecule has 1 aliphatic rings. The first kappa shape index (κ1) is 11.5. The second kappa shape index (κ2) is 4.89. The van der Waals surface area contributed by atoms with E-state index in [-0.39, 0.29) is 17.6 Å². The maximum Gasteiger partial charge on any atom is 0.128 e. The summed E-state index contributed by atoms with van der Waals surface area (Å²) in [5.41, 5.74) is 0. The lowest BCUT2D eigenvalue weighted by atomic mass is 9.91. The third-order valence-electron chi connectivity index (χ3n) is 2.55. The third-order valence-corrected chi connectivity index (χ3v) is 3.70. The van der Waals surface area contributed by atoms with E-state index < -0.39 is 0 Å². The average molecular weight is 339 g/mol. The van der Waals surface area contributed by atoms with Gasteiger partial charge in [0.2, 0.25) is 0 Å². The van der Waals surface area contributed by atoms with Crippen LogP contribution in [-0.2, 0) is 4.74 Å². The Labute approximate surface area is 108 Å². The fourth-order valence-corrected chi connectivity index (χ4v) is 2.43. The summed E-state index contributed by atoms with van der Waals surface area (Å²) in [4.78, 5) is 0. The highest BCUT2D eigenvalue weighted by atomic mass is 127. The minimum Gasteiger partial charge on any atom is -0.488 e. The Morgan fingerprint density at radius 3 is 2.53 bits per heavy atom. The summed E-state index contributed by atoms with van der Waals surface area (Å²) in [5.74, 6) is 0.881. The highest BCUT2D eigenvalue weighted by molar-refractivity contribution is 14.1. The Morgan fingerprint density at radius 1 is 1.33 bits per heavy atom. The normalized spacial score (nSPS) is 29.7. The lowest BCUT2D eigenvalue weighted by Crippen LogP contribution is -2.52. The first-order valence-electron chi connectivity index (χ1n) is 4.80. The molecule has 1 aliphatic carbocycles. The second-order valence-electron chi connectivity index (χ2n) is 3.56. The van der Waals surface area contributed by atoms with E-state index >= 15 is 0 Å². The van der Waals surface area contributed by atoms with Gasteiger partial charge < -0.3 is 9.47 Å². The standard InChI is InChI=1S/C11H12ClIO2/c1-14-11-9(12)6-10(11)15-8-4-2-7(13)3-5-8/h2-5,9-11H,6H2,1H3. The maximum atomic E-state index is 6.00. The van der Waals surface area contributed by atoms with Gasteiger partial charge in [-0.1, -0.05) is 0 Å². The molecule has 0 aromatic heterocycles. The van der Waals surface area contributed by atoms with Crippen LogP contribution in [0.25, 0.3) is 0 Å². The molecular weight excluding hydrogens is 326 g/mol. The molecule has 0 saturated heterocycles. The Balaban J connectivity index is 1.95. The molecule has 3 unspecified atom stereocenters. The Hall–Kier alpha value is -0.000000000000000111. The van der Waals surface area contributed by atoms with Crippen molar-refractivity contribution >= 4 is 34.2 Å². The molecule has 2 nitrogen and oxygen atoms in total. The predicted octanol–water partition coefficient (Wildman–Crippen LogP) is 3.06. The van der Waals surface area contributed by atoms with Gasteiger partial charge in [0.25, 0.3) is 0 Å². The van der Waals surface area contributed by atoms with E-state index in [1.165, 1.54) is 3.57 Å². The summed E-state index contributed by atoms with van der Waals surface area (Å²) in [5, 5.41) is 0.0869. The number of hydrogen-bond acceptors (Lipinski definition) is 2. The number of methoxy groups -OCH3 is 1. The topological polar surface area (TPSA) is 18.5 Å². The highest BCUT2D eigenvalue weighted by Gasteiger charge is 2.42. The Bertz CT molecular complexity index is 328. The van der Waals surface area contributed by atoms with Crippen molar-refractivity contribution in [3.63, 3.8) is 0 Å². The van der Waals surface area contributed by atoms with E-state index in [0.29, 0.717) is 0 Å². The van der Waals surface area contributed by atoms with Gasteiger partial charge in [0.05, 0.1) is 5.38 Å². The van der Waals surface area contributed by atoms with E-state index in [1.807, 2.05) is 24.3 Å². The quantitative estimate of drug-likeness (QED) is 0.623. The number of halogens is 2. The number of rotatable bonds is 3. The monoisotopic (exact) mass is 338 g/mol. The molecule has 1 fully saturated rings. The zero-order valence-electron chi connectivity index (χ0n) is 8.32. The molecule has 82 valence electrons. The Morgan fingerprint density at radius 2 is 2.00 bits per heavy atom. The Kier molecular flexibility index (Phi) is 3.74. The van der Waals surface area contributed by atoms with Crippen LogP contribution < -0.4 is 4.74 Å². The van der Waals surface area contributed by atoms with Gasteiger partial charge in [-0.15, -0.1) is 11.6 Å². The molecule has 0 radical (unpaired) electrons. The van der Waals surface area contributed by atoms with Gasteiger partial charge in [0.15, 0.2) is 0 Å². The summed E-state index contributed by atoms with van der Waals surface area (Å²) >= 11 is 8.26. The van der Waals surface area contributed by atoms with Gasteiger partial charge in [-0.05, 0) is 46.9 Å². The summed E-state index contributed by atoms with van der Waals surface area (Å²) in [6, 6.07) is 7.98. The van der Waals surface area contributed by atoms with Gasteiger partial charge in [-0.2, -0.15) is 0 Å². The van der Waals surface area contributed by atoms with E-state index in [0.717, 1.165) is 12.2 Å².